The van der Waals surface area contributed by atoms with Crippen LogP contribution in [0.15, 0.2) is 6.20 Å². The topological polar surface area (TPSA) is 96.6 Å². The minimum absolute atomic E-state index is 0.0902. The summed E-state index contributed by atoms with van der Waals surface area (Å²) in [4.78, 5) is 15.3. The Morgan fingerprint density at radius 2 is 2.28 bits per heavy atom. The molecule has 18 heavy (non-hydrogen) atoms. The molecule has 2 unspecified atom stereocenters. The van der Waals surface area contributed by atoms with Crippen molar-refractivity contribution in [3.8, 4) is 0 Å². The van der Waals surface area contributed by atoms with Gasteiger partial charge in [0.05, 0.1) is 18.9 Å². The predicted octanol–water partition coefficient (Wildman–Crippen LogP) is -0.789. The Hall–Kier alpha value is -1.44. The van der Waals surface area contributed by atoms with Crippen molar-refractivity contribution in [2.24, 2.45) is 7.05 Å². The maximum absolute atomic E-state index is 11.4. The van der Waals surface area contributed by atoms with Gasteiger partial charge in [0.1, 0.15) is 6.10 Å². The highest BCUT2D eigenvalue weighted by molar-refractivity contribution is 5.85. The summed E-state index contributed by atoms with van der Waals surface area (Å²) < 4.78 is 6.01. The van der Waals surface area contributed by atoms with E-state index in [9.17, 15) is 15.0 Å². The van der Waals surface area contributed by atoms with E-state index in [0.717, 1.165) is 0 Å². The molecule has 0 saturated heterocycles. The first-order chi connectivity index (χ1) is 8.51. The van der Waals surface area contributed by atoms with Gasteiger partial charge in [-0.3, -0.25) is 0 Å². The van der Waals surface area contributed by atoms with Crippen molar-refractivity contribution in [1.82, 2.24) is 14.9 Å². The second kappa shape index (κ2) is 6.48. The van der Waals surface area contributed by atoms with E-state index in [0.29, 0.717) is 13.0 Å². The summed E-state index contributed by atoms with van der Waals surface area (Å²) in [5.41, 5.74) is 0.251. The smallest absolute Gasteiger partial charge is 0.374 e. The third-order valence-electron chi connectivity index (χ3n) is 2.62. The van der Waals surface area contributed by atoms with Crippen LogP contribution in [0.2, 0.25) is 0 Å². The Bertz CT molecular complexity index is 405. The Morgan fingerprint density at radius 3 is 2.83 bits per heavy atom. The van der Waals surface area contributed by atoms with Crippen LogP contribution in [0.3, 0.4) is 0 Å². The molecule has 0 aromatic carbocycles. The van der Waals surface area contributed by atoms with Crippen LogP contribution < -0.4 is 5.32 Å². The molecule has 1 rings (SSSR count). The summed E-state index contributed by atoms with van der Waals surface area (Å²) in [5.74, 6) is -0.493. The van der Waals surface area contributed by atoms with E-state index < -0.39 is 18.2 Å². The molecule has 0 radical (unpaired) electrons. The van der Waals surface area contributed by atoms with Gasteiger partial charge in [0, 0.05) is 13.2 Å². The van der Waals surface area contributed by atoms with Crippen molar-refractivity contribution < 1.29 is 19.7 Å². The first-order valence-corrected chi connectivity index (χ1v) is 5.63. The van der Waals surface area contributed by atoms with Gasteiger partial charge < -0.3 is 24.8 Å². The molecule has 1 heterocycles. The van der Waals surface area contributed by atoms with Crippen LogP contribution >= 0.6 is 0 Å². The highest BCUT2D eigenvalue weighted by Gasteiger charge is 2.23. The Morgan fingerprint density at radius 1 is 1.61 bits per heavy atom. The predicted molar refractivity (Wildman–Crippen MR) is 64.1 cm³/mol. The molecule has 0 bridgehead atoms. The van der Waals surface area contributed by atoms with Gasteiger partial charge in [-0.1, -0.05) is 0 Å². The van der Waals surface area contributed by atoms with Crippen molar-refractivity contribution in [3.63, 3.8) is 0 Å². The van der Waals surface area contributed by atoms with Gasteiger partial charge in [-0.15, -0.1) is 0 Å². The number of rotatable bonds is 6. The number of hydrogen-bond donors (Lipinski definition) is 3. The molecule has 0 spiro atoms. The highest BCUT2D eigenvalue weighted by atomic mass is 16.5. The molecule has 102 valence electrons. The molecule has 0 aliphatic rings. The number of aryl methyl sites for hydroxylation is 1. The number of carbonyl (C=O) groups is 1. The molecule has 2 atom stereocenters. The third kappa shape index (κ3) is 3.28. The Balaban J connectivity index is 2.80. The molecule has 1 aromatic rings. The van der Waals surface area contributed by atoms with Gasteiger partial charge in [-0.25, -0.2) is 9.78 Å². The largest absolute Gasteiger partial charge is 0.463 e. The summed E-state index contributed by atoms with van der Waals surface area (Å²) >= 11 is 0. The summed E-state index contributed by atoms with van der Waals surface area (Å²) in [6.45, 7) is 0.578. The Kier molecular flexibility index (Phi) is 5.26. The fraction of sp³-hybridized carbons (Fsp3) is 0.636. The average Bonchev–Trinajstić information content (AvgIpc) is 2.76. The van der Waals surface area contributed by atoms with Crippen LogP contribution in [0.1, 0.15) is 28.8 Å². The maximum Gasteiger partial charge on any atom is 0.374 e. The zero-order chi connectivity index (χ0) is 13.7. The third-order valence-corrected chi connectivity index (χ3v) is 2.62. The number of aromatic nitrogens is 2. The Labute approximate surface area is 105 Å². The molecule has 0 saturated carbocycles. The molecule has 7 nitrogen and oxygen atoms in total. The lowest BCUT2D eigenvalue weighted by molar-refractivity contribution is 0.0116. The molecule has 0 amide bonds. The zero-order valence-electron chi connectivity index (χ0n) is 10.8. The number of aliphatic hydroxyl groups is 2. The van der Waals surface area contributed by atoms with Crippen molar-refractivity contribution in [1.29, 1.82) is 0 Å². The SMILES string of the molecule is CNCCC(O)C(O)c1cn(C)c(C(=O)OC)n1. The number of methoxy groups -OCH3 is 1. The average molecular weight is 257 g/mol. The summed E-state index contributed by atoms with van der Waals surface area (Å²) in [6, 6.07) is 0. The van der Waals surface area contributed by atoms with Gasteiger partial charge in [0.15, 0.2) is 0 Å². The van der Waals surface area contributed by atoms with E-state index >= 15 is 0 Å². The van der Waals surface area contributed by atoms with Crippen molar-refractivity contribution in [3.05, 3.63) is 17.7 Å². The fourth-order valence-electron chi connectivity index (χ4n) is 1.56. The van der Waals surface area contributed by atoms with Gasteiger partial charge >= 0.3 is 5.97 Å². The van der Waals surface area contributed by atoms with Crippen LogP contribution in [-0.4, -0.2) is 52.5 Å². The van der Waals surface area contributed by atoms with Gasteiger partial charge in [0.2, 0.25) is 5.82 Å². The van der Waals surface area contributed by atoms with E-state index in [-0.39, 0.29) is 11.5 Å². The number of nitrogens with one attached hydrogen (secondary N) is 1. The van der Waals surface area contributed by atoms with E-state index in [2.05, 4.69) is 15.0 Å². The lowest BCUT2D eigenvalue weighted by Crippen LogP contribution is -2.23. The molecule has 0 aliphatic carbocycles. The first-order valence-electron chi connectivity index (χ1n) is 5.63. The maximum atomic E-state index is 11.4. The number of aliphatic hydroxyl groups excluding tert-OH is 2. The molecule has 7 heteroatoms. The van der Waals surface area contributed by atoms with Crippen LogP contribution in [0.25, 0.3) is 0 Å². The van der Waals surface area contributed by atoms with E-state index in [1.807, 2.05) is 0 Å². The molecule has 0 fully saturated rings. The zero-order valence-corrected chi connectivity index (χ0v) is 10.8. The minimum Gasteiger partial charge on any atom is -0.463 e. The number of imidazole rings is 1. The number of hydrogen-bond acceptors (Lipinski definition) is 6. The van der Waals surface area contributed by atoms with Crippen molar-refractivity contribution in [2.45, 2.75) is 18.6 Å². The van der Waals surface area contributed by atoms with Crippen LogP contribution in [0, 0.1) is 0 Å². The van der Waals surface area contributed by atoms with E-state index in [1.165, 1.54) is 17.9 Å². The fourth-order valence-corrected chi connectivity index (χ4v) is 1.56. The lowest BCUT2D eigenvalue weighted by Gasteiger charge is -2.15. The van der Waals surface area contributed by atoms with Crippen LogP contribution in [-0.2, 0) is 11.8 Å². The highest BCUT2D eigenvalue weighted by Crippen LogP contribution is 2.18. The minimum atomic E-state index is -1.12. The number of ether oxygens (including phenoxy) is 1. The van der Waals surface area contributed by atoms with Crippen molar-refractivity contribution >= 4 is 5.97 Å². The second-order valence-corrected chi connectivity index (χ2v) is 4.00. The normalized spacial score (nSPS) is 14.3. The van der Waals surface area contributed by atoms with Crippen LogP contribution in [0.4, 0.5) is 0 Å². The monoisotopic (exact) mass is 257 g/mol. The van der Waals surface area contributed by atoms with Gasteiger partial charge in [0.25, 0.3) is 0 Å². The summed E-state index contributed by atoms with van der Waals surface area (Å²) in [7, 11) is 4.64. The molecule has 1 aromatic heterocycles. The summed E-state index contributed by atoms with van der Waals surface area (Å²) in [6.07, 6.45) is -0.165. The number of carbonyl (C=O) groups excluding carboxylic acids is 1. The van der Waals surface area contributed by atoms with Gasteiger partial charge in [-0.2, -0.15) is 0 Å². The van der Waals surface area contributed by atoms with Crippen molar-refractivity contribution in [2.75, 3.05) is 20.7 Å². The molecule has 3 N–H and O–H groups in total. The molecular weight excluding hydrogens is 238 g/mol. The lowest BCUT2D eigenvalue weighted by atomic mass is 10.1. The van der Waals surface area contributed by atoms with Gasteiger partial charge in [-0.05, 0) is 20.0 Å². The second-order valence-electron chi connectivity index (χ2n) is 4.00. The quantitative estimate of drug-likeness (QED) is 0.578. The standard InChI is InChI=1S/C11H19N3O4/c1-12-5-4-8(15)9(16)7-6-14(2)10(13-7)11(17)18-3/h6,8-9,12,15-16H,4-5H2,1-3H3. The molecular formula is C11H19N3O4. The summed E-state index contributed by atoms with van der Waals surface area (Å²) in [5, 5.41) is 22.5. The van der Waals surface area contributed by atoms with E-state index in [1.54, 1.807) is 14.1 Å². The van der Waals surface area contributed by atoms with Crippen LogP contribution in [0.5, 0.6) is 0 Å². The molecule has 0 aliphatic heterocycles. The van der Waals surface area contributed by atoms with E-state index in [4.69, 9.17) is 0 Å². The first kappa shape index (κ1) is 14.6. The number of esters is 1. The number of nitrogens with zero attached hydrogens (tertiary/aromatic N) is 2.